The maximum Gasteiger partial charge on any atom is 0.239 e. The van der Waals surface area contributed by atoms with Crippen LogP contribution in [0.4, 0.5) is 0 Å². The summed E-state index contributed by atoms with van der Waals surface area (Å²) < 4.78 is 11.0. The summed E-state index contributed by atoms with van der Waals surface area (Å²) >= 11 is 0. The fourth-order valence-corrected chi connectivity index (χ4v) is 3.78. The van der Waals surface area contributed by atoms with Crippen LogP contribution in [-0.2, 0) is 4.79 Å². The number of β-amino-alcohol motifs (C(OH)–C–C–N with tert-alkyl or cyclic N) is 1. The summed E-state index contributed by atoms with van der Waals surface area (Å²) in [6, 6.07) is 14.9. The Morgan fingerprint density at radius 2 is 1.70 bits per heavy atom. The molecule has 3 rings (SSSR count). The Labute approximate surface area is 178 Å². The zero-order chi connectivity index (χ0) is 21.5. The van der Waals surface area contributed by atoms with Crippen LogP contribution in [0.5, 0.6) is 11.5 Å². The lowest BCUT2D eigenvalue weighted by atomic mass is 10.0. The van der Waals surface area contributed by atoms with Crippen LogP contribution in [-0.4, -0.2) is 73.4 Å². The number of hydrogen-bond donors (Lipinski definition) is 2. The SMILES string of the molecule is COc1ccccc1OCC(O)CN1CCN(C(C(N)=O)c2ccc(C)cc2)CC1. The van der Waals surface area contributed by atoms with E-state index >= 15 is 0 Å². The summed E-state index contributed by atoms with van der Waals surface area (Å²) in [5.41, 5.74) is 7.78. The number of hydrogen-bond acceptors (Lipinski definition) is 6. The molecule has 0 spiro atoms. The van der Waals surface area contributed by atoms with Crippen molar-refractivity contribution in [3.8, 4) is 11.5 Å². The second kappa shape index (κ2) is 10.4. The number of amides is 1. The van der Waals surface area contributed by atoms with Gasteiger partial charge in [0.2, 0.25) is 5.91 Å². The van der Waals surface area contributed by atoms with Crippen molar-refractivity contribution in [1.29, 1.82) is 0 Å². The normalized spacial score (nSPS) is 17.3. The van der Waals surface area contributed by atoms with Crippen LogP contribution in [0.1, 0.15) is 17.2 Å². The summed E-state index contributed by atoms with van der Waals surface area (Å²) in [4.78, 5) is 16.4. The van der Waals surface area contributed by atoms with Gasteiger partial charge in [0, 0.05) is 32.7 Å². The molecule has 7 nitrogen and oxygen atoms in total. The van der Waals surface area contributed by atoms with E-state index in [-0.39, 0.29) is 12.5 Å². The highest BCUT2D eigenvalue weighted by molar-refractivity contribution is 5.81. The molecule has 1 amide bonds. The molecule has 2 unspecified atom stereocenters. The first-order valence-corrected chi connectivity index (χ1v) is 10.2. The standard InChI is InChI=1S/C23H31N3O4/c1-17-7-9-18(10-8-17)22(23(24)28)26-13-11-25(12-14-26)15-19(27)16-30-21-6-4-3-5-20(21)29-2/h3-10,19,22,27H,11-16H2,1-2H3,(H2,24,28). The lowest BCUT2D eigenvalue weighted by Crippen LogP contribution is -2.52. The van der Waals surface area contributed by atoms with Gasteiger partial charge < -0.3 is 20.3 Å². The largest absolute Gasteiger partial charge is 0.493 e. The Morgan fingerprint density at radius 3 is 2.30 bits per heavy atom. The van der Waals surface area contributed by atoms with Crippen molar-refractivity contribution in [1.82, 2.24) is 9.80 Å². The highest BCUT2D eigenvalue weighted by Crippen LogP contribution is 2.26. The van der Waals surface area contributed by atoms with Crippen molar-refractivity contribution in [2.75, 3.05) is 46.4 Å². The number of nitrogens with zero attached hydrogens (tertiary/aromatic N) is 2. The maximum atomic E-state index is 12.1. The highest BCUT2D eigenvalue weighted by Gasteiger charge is 2.29. The fourth-order valence-electron chi connectivity index (χ4n) is 3.78. The third-order valence-corrected chi connectivity index (χ3v) is 5.40. The molecule has 2 aromatic rings. The molecule has 162 valence electrons. The van der Waals surface area contributed by atoms with Crippen LogP contribution in [0, 0.1) is 6.92 Å². The van der Waals surface area contributed by atoms with E-state index in [1.165, 1.54) is 0 Å². The van der Waals surface area contributed by atoms with Crippen molar-refractivity contribution >= 4 is 5.91 Å². The van der Waals surface area contributed by atoms with E-state index in [1.807, 2.05) is 55.5 Å². The zero-order valence-corrected chi connectivity index (χ0v) is 17.7. The Balaban J connectivity index is 1.49. The van der Waals surface area contributed by atoms with Crippen LogP contribution in [0.25, 0.3) is 0 Å². The molecule has 0 saturated carbocycles. The van der Waals surface area contributed by atoms with Crippen molar-refractivity contribution in [2.45, 2.75) is 19.1 Å². The van der Waals surface area contributed by atoms with Crippen LogP contribution in [0.3, 0.4) is 0 Å². The molecule has 2 atom stereocenters. The number of piperazine rings is 1. The quantitative estimate of drug-likeness (QED) is 0.649. The topological polar surface area (TPSA) is 88.3 Å². The minimum absolute atomic E-state index is 0.188. The number of nitrogens with two attached hydrogens (primary N) is 1. The lowest BCUT2D eigenvalue weighted by Gasteiger charge is -2.38. The lowest BCUT2D eigenvalue weighted by molar-refractivity contribution is -0.124. The van der Waals surface area contributed by atoms with Gasteiger partial charge in [0.15, 0.2) is 11.5 Å². The molecule has 1 fully saturated rings. The first-order valence-electron chi connectivity index (χ1n) is 10.2. The van der Waals surface area contributed by atoms with Crippen molar-refractivity contribution in [3.05, 3.63) is 59.7 Å². The Morgan fingerprint density at radius 1 is 1.07 bits per heavy atom. The van der Waals surface area contributed by atoms with E-state index in [1.54, 1.807) is 7.11 Å². The minimum atomic E-state index is -0.620. The zero-order valence-electron chi connectivity index (χ0n) is 17.7. The summed E-state index contributed by atoms with van der Waals surface area (Å²) in [7, 11) is 1.59. The van der Waals surface area contributed by atoms with Gasteiger partial charge >= 0.3 is 0 Å². The number of aliphatic hydroxyl groups is 1. The van der Waals surface area contributed by atoms with E-state index in [0.29, 0.717) is 31.1 Å². The van der Waals surface area contributed by atoms with Gasteiger partial charge in [0.25, 0.3) is 0 Å². The summed E-state index contributed by atoms with van der Waals surface area (Å²) in [5, 5.41) is 10.4. The van der Waals surface area contributed by atoms with Gasteiger partial charge in [-0.15, -0.1) is 0 Å². The molecule has 2 aromatic carbocycles. The second-order valence-electron chi connectivity index (χ2n) is 7.67. The monoisotopic (exact) mass is 413 g/mol. The number of methoxy groups -OCH3 is 1. The van der Waals surface area contributed by atoms with Crippen molar-refractivity contribution in [2.24, 2.45) is 5.73 Å². The van der Waals surface area contributed by atoms with Crippen LogP contribution in [0.15, 0.2) is 48.5 Å². The predicted octanol–water partition coefficient (Wildman–Crippen LogP) is 1.59. The molecule has 0 aromatic heterocycles. The molecule has 1 saturated heterocycles. The summed E-state index contributed by atoms with van der Waals surface area (Å²) in [5.74, 6) is 0.927. The van der Waals surface area contributed by atoms with E-state index in [9.17, 15) is 9.90 Å². The predicted molar refractivity (Wildman–Crippen MR) is 116 cm³/mol. The van der Waals surface area contributed by atoms with Crippen LogP contribution < -0.4 is 15.2 Å². The number of carbonyl (C=O) groups excluding carboxylic acids is 1. The van der Waals surface area contributed by atoms with Gasteiger partial charge in [0.05, 0.1) is 7.11 Å². The molecule has 0 aliphatic carbocycles. The number of aryl methyl sites for hydroxylation is 1. The van der Waals surface area contributed by atoms with Gasteiger partial charge in [-0.2, -0.15) is 0 Å². The number of para-hydroxylation sites is 2. The van der Waals surface area contributed by atoms with Crippen LogP contribution >= 0.6 is 0 Å². The third-order valence-electron chi connectivity index (χ3n) is 5.40. The van der Waals surface area contributed by atoms with Gasteiger partial charge in [-0.3, -0.25) is 14.6 Å². The number of rotatable bonds is 9. The molecule has 1 aliphatic heterocycles. The van der Waals surface area contributed by atoms with Gasteiger partial charge in [-0.25, -0.2) is 0 Å². The Hall–Kier alpha value is -2.61. The molecule has 0 radical (unpaired) electrons. The number of ether oxygens (including phenoxy) is 2. The summed E-state index contributed by atoms with van der Waals surface area (Å²) in [6.07, 6.45) is -0.620. The Bertz CT molecular complexity index is 819. The smallest absolute Gasteiger partial charge is 0.239 e. The Kier molecular flexibility index (Phi) is 7.68. The number of carbonyl (C=O) groups is 1. The molecule has 1 aliphatic rings. The first-order chi connectivity index (χ1) is 14.5. The maximum absolute atomic E-state index is 12.1. The van der Waals surface area contributed by atoms with Gasteiger partial charge in [0.1, 0.15) is 18.8 Å². The van der Waals surface area contributed by atoms with Crippen molar-refractivity contribution in [3.63, 3.8) is 0 Å². The molecule has 7 heteroatoms. The number of benzene rings is 2. The molecule has 30 heavy (non-hydrogen) atoms. The summed E-state index contributed by atoms with van der Waals surface area (Å²) in [6.45, 7) is 5.64. The van der Waals surface area contributed by atoms with Crippen LogP contribution in [0.2, 0.25) is 0 Å². The van der Waals surface area contributed by atoms with Crippen molar-refractivity contribution < 1.29 is 19.4 Å². The third kappa shape index (κ3) is 5.72. The highest BCUT2D eigenvalue weighted by atomic mass is 16.5. The molecule has 3 N–H and O–H groups in total. The fraction of sp³-hybridized carbons (Fsp3) is 0.435. The van der Waals surface area contributed by atoms with E-state index in [2.05, 4.69) is 9.80 Å². The van der Waals surface area contributed by atoms with E-state index < -0.39 is 12.1 Å². The second-order valence-corrected chi connectivity index (χ2v) is 7.67. The van der Waals surface area contributed by atoms with Gasteiger partial charge in [-0.1, -0.05) is 42.0 Å². The number of aliphatic hydroxyl groups excluding tert-OH is 1. The molecular formula is C23H31N3O4. The molecular weight excluding hydrogens is 382 g/mol. The van der Waals surface area contributed by atoms with E-state index in [0.717, 1.165) is 24.2 Å². The van der Waals surface area contributed by atoms with E-state index in [4.69, 9.17) is 15.2 Å². The molecule has 1 heterocycles. The average Bonchev–Trinajstić information content (AvgIpc) is 2.75. The molecule has 0 bridgehead atoms. The minimum Gasteiger partial charge on any atom is -0.493 e. The van der Waals surface area contributed by atoms with Gasteiger partial charge in [-0.05, 0) is 24.6 Å². The number of primary amides is 1. The average molecular weight is 414 g/mol. The first kappa shape index (κ1) is 22.1.